The lowest BCUT2D eigenvalue weighted by Gasteiger charge is -2.58. The van der Waals surface area contributed by atoms with Gasteiger partial charge >= 0.3 is 0 Å². The van der Waals surface area contributed by atoms with E-state index in [0.717, 1.165) is 17.8 Å². The number of hydrogen-bond acceptors (Lipinski definition) is 1. The number of quaternary nitrogens is 1. The highest BCUT2D eigenvalue weighted by Gasteiger charge is 2.54. The summed E-state index contributed by atoms with van der Waals surface area (Å²) in [5.74, 6) is 3.16. The molecule has 0 spiro atoms. The van der Waals surface area contributed by atoms with Crippen molar-refractivity contribution >= 4 is 5.91 Å². The van der Waals surface area contributed by atoms with E-state index in [0.29, 0.717) is 11.5 Å². The molecule has 3 heteroatoms. The topological polar surface area (TPSA) is 45.7 Å². The number of hydrogen-bond donors (Lipinski definition) is 2. The van der Waals surface area contributed by atoms with E-state index in [2.05, 4.69) is 17.6 Å². The summed E-state index contributed by atoms with van der Waals surface area (Å²) in [5.41, 5.74) is 0.539. The van der Waals surface area contributed by atoms with Crippen LogP contribution in [0.15, 0.2) is 0 Å². The van der Waals surface area contributed by atoms with Gasteiger partial charge in [-0.25, -0.2) is 0 Å². The fourth-order valence-corrected chi connectivity index (χ4v) is 5.69. The summed E-state index contributed by atoms with van der Waals surface area (Å²) < 4.78 is 0. The molecule has 19 heavy (non-hydrogen) atoms. The van der Waals surface area contributed by atoms with Gasteiger partial charge in [0.1, 0.15) is 0 Å². The Kier molecular flexibility index (Phi) is 3.36. The number of likely N-dealkylation sites (N-methyl/N-ethyl adjacent to an activating group) is 1. The molecular formula is C16H29N2O+. The number of amides is 1. The smallest absolute Gasteiger partial charge is 0.277 e. The van der Waals surface area contributed by atoms with Gasteiger partial charge in [0.05, 0.1) is 6.04 Å². The third-order valence-electron chi connectivity index (χ3n) is 6.29. The van der Waals surface area contributed by atoms with E-state index in [1.807, 2.05) is 6.92 Å². The number of rotatable bonds is 4. The van der Waals surface area contributed by atoms with Gasteiger partial charge in [-0.1, -0.05) is 0 Å². The molecule has 4 rings (SSSR count). The predicted octanol–water partition coefficient (Wildman–Crippen LogP) is 1.29. The van der Waals surface area contributed by atoms with Crippen molar-refractivity contribution in [2.45, 2.75) is 64.5 Å². The molecule has 3 nitrogen and oxygen atoms in total. The summed E-state index contributed by atoms with van der Waals surface area (Å²) in [6, 6.07) is 0.640. The molecule has 0 radical (unpaired) electrons. The SMILES string of the molecule is CNC(=O)[C@@H](C)[NH2+][C@@H](C)C12CC3CC(CC(C3)C1)C2. The number of carbonyl (C=O) groups is 1. The van der Waals surface area contributed by atoms with E-state index in [4.69, 9.17) is 0 Å². The second-order valence-corrected chi connectivity index (χ2v) is 7.66. The lowest BCUT2D eigenvalue weighted by molar-refractivity contribution is -0.719. The van der Waals surface area contributed by atoms with Crippen LogP contribution in [0.25, 0.3) is 0 Å². The van der Waals surface area contributed by atoms with Gasteiger partial charge in [-0.15, -0.1) is 0 Å². The first-order valence-electron chi connectivity index (χ1n) is 8.09. The molecule has 1 amide bonds. The zero-order valence-corrected chi connectivity index (χ0v) is 12.6. The van der Waals surface area contributed by atoms with E-state index >= 15 is 0 Å². The summed E-state index contributed by atoms with van der Waals surface area (Å²) in [4.78, 5) is 11.7. The minimum atomic E-state index is 0.0491. The van der Waals surface area contributed by atoms with Crippen molar-refractivity contribution in [3.05, 3.63) is 0 Å². The summed E-state index contributed by atoms with van der Waals surface area (Å²) in [7, 11) is 1.74. The van der Waals surface area contributed by atoms with Gasteiger partial charge in [-0.05, 0) is 70.1 Å². The molecule has 2 atom stereocenters. The molecule has 3 N–H and O–H groups in total. The maximum absolute atomic E-state index is 11.7. The third-order valence-corrected chi connectivity index (χ3v) is 6.29. The Morgan fingerprint density at radius 3 is 2.00 bits per heavy atom. The van der Waals surface area contributed by atoms with E-state index in [1.54, 1.807) is 7.05 Å². The molecule has 0 aromatic rings. The average Bonchev–Trinajstić information content (AvgIpc) is 2.36. The number of nitrogens with one attached hydrogen (secondary N) is 1. The Bertz CT molecular complexity index is 330. The molecule has 0 saturated heterocycles. The largest absolute Gasteiger partial charge is 0.354 e. The normalized spacial score (nSPS) is 43.0. The van der Waals surface area contributed by atoms with Crippen molar-refractivity contribution in [1.29, 1.82) is 0 Å². The minimum Gasteiger partial charge on any atom is -0.354 e. The van der Waals surface area contributed by atoms with Gasteiger partial charge in [0, 0.05) is 12.5 Å². The molecule has 0 heterocycles. The van der Waals surface area contributed by atoms with E-state index in [-0.39, 0.29) is 11.9 Å². The van der Waals surface area contributed by atoms with Crippen molar-refractivity contribution < 1.29 is 10.1 Å². The second kappa shape index (κ2) is 4.76. The summed E-state index contributed by atoms with van der Waals surface area (Å²) in [6.07, 6.45) is 8.77. The van der Waals surface area contributed by atoms with Crippen LogP contribution < -0.4 is 10.6 Å². The van der Waals surface area contributed by atoms with Crippen molar-refractivity contribution in [2.24, 2.45) is 23.2 Å². The maximum Gasteiger partial charge on any atom is 0.277 e. The summed E-state index contributed by atoms with van der Waals surface area (Å²) >= 11 is 0. The van der Waals surface area contributed by atoms with E-state index in [1.165, 1.54) is 38.5 Å². The molecule has 0 aromatic heterocycles. The highest BCUT2D eigenvalue weighted by atomic mass is 16.2. The van der Waals surface area contributed by atoms with Crippen LogP contribution in [-0.2, 0) is 4.79 Å². The highest BCUT2D eigenvalue weighted by Crippen LogP contribution is 2.60. The van der Waals surface area contributed by atoms with Gasteiger partial charge in [-0.3, -0.25) is 4.79 Å². The zero-order chi connectivity index (χ0) is 13.6. The first-order valence-corrected chi connectivity index (χ1v) is 8.09. The minimum absolute atomic E-state index is 0.0491. The van der Waals surface area contributed by atoms with Gasteiger partial charge < -0.3 is 10.6 Å². The molecule has 4 aliphatic carbocycles. The van der Waals surface area contributed by atoms with Crippen LogP contribution in [-0.4, -0.2) is 25.0 Å². The van der Waals surface area contributed by atoms with Gasteiger partial charge in [0.15, 0.2) is 6.04 Å². The Hall–Kier alpha value is -0.570. The summed E-state index contributed by atoms with van der Waals surface area (Å²) in [5, 5.41) is 5.10. The second-order valence-electron chi connectivity index (χ2n) is 7.66. The van der Waals surface area contributed by atoms with Crippen LogP contribution in [0.2, 0.25) is 0 Å². The van der Waals surface area contributed by atoms with Gasteiger partial charge in [0.2, 0.25) is 0 Å². The van der Waals surface area contributed by atoms with Crippen molar-refractivity contribution in [2.75, 3.05) is 7.05 Å². The van der Waals surface area contributed by atoms with E-state index in [9.17, 15) is 4.79 Å². The fraction of sp³-hybridized carbons (Fsp3) is 0.938. The van der Waals surface area contributed by atoms with Crippen LogP contribution >= 0.6 is 0 Å². The summed E-state index contributed by atoms with van der Waals surface area (Å²) in [6.45, 7) is 4.41. The van der Waals surface area contributed by atoms with Crippen LogP contribution in [0, 0.1) is 23.2 Å². The van der Waals surface area contributed by atoms with Crippen molar-refractivity contribution in [3.8, 4) is 0 Å². The Labute approximate surface area is 116 Å². The van der Waals surface area contributed by atoms with Gasteiger partial charge in [-0.2, -0.15) is 0 Å². The first kappa shape index (κ1) is 13.4. The molecule has 0 aromatic carbocycles. The molecular weight excluding hydrogens is 236 g/mol. The maximum atomic E-state index is 11.7. The Morgan fingerprint density at radius 2 is 1.58 bits per heavy atom. The molecule has 0 unspecified atom stereocenters. The van der Waals surface area contributed by atoms with Gasteiger partial charge in [0.25, 0.3) is 5.91 Å². The molecule has 4 fully saturated rings. The predicted molar refractivity (Wildman–Crippen MR) is 75.5 cm³/mol. The van der Waals surface area contributed by atoms with E-state index < -0.39 is 0 Å². The van der Waals surface area contributed by atoms with Crippen LogP contribution in [0.4, 0.5) is 0 Å². The molecule has 4 bridgehead atoms. The van der Waals surface area contributed by atoms with Crippen LogP contribution in [0.1, 0.15) is 52.4 Å². The molecule has 108 valence electrons. The highest BCUT2D eigenvalue weighted by molar-refractivity contribution is 5.79. The fourth-order valence-electron chi connectivity index (χ4n) is 5.69. The Morgan fingerprint density at radius 1 is 1.11 bits per heavy atom. The first-order chi connectivity index (χ1) is 9.02. The lowest BCUT2D eigenvalue weighted by Crippen LogP contribution is -2.98. The number of nitrogens with two attached hydrogens (primary N) is 1. The van der Waals surface area contributed by atoms with Crippen molar-refractivity contribution in [3.63, 3.8) is 0 Å². The molecule has 0 aliphatic heterocycles. The Balaban J connectivity index is 1.69. The number of carbonyl (C=O) groups excluding carboxylic acids is 1. The average molecular weight is 265 g/mol. The molecule has 4 aliphatic rings. The van der Waals surface area contributed by atoms with Crippen LogP contribution in [0.5, 0.6) is 0 Å². The van der Waals surface area contributed by atoms with Crippen LogP contribution in [0.3, 0.4) is 0 Å². The standard InChI is InChI=1S/C16H28N2O/c1-10(15(19)17-3)18-11(2)16-7-12-4-13(8-16)6-14(5-12)9-16/h10-14,18H,4-9H2,1-3H3,(H,17,19)/p+1/t10-,11+,12?,13?,14?,16?/m1/s1. The molecule has 4 saturated carbocycles. The zero-order valence-electron chi connectivity index (χ0n) is 12.6. The van der Waals surface area contributed by atoms with Crippen molar-refractivity contribution in [1.82, 2.24) is 5.32 Å². The lowest BCUT2D eigenvalue weighted by atomic mass is 9.48. The monoisotopic (exact) mass is 265 g/mol. The quantitative estimate of drug-likeness (QED) is 0.790. The third kappa shape index (κ3) is 2.31.